The second-order valence-corrected chi connectivity index (χ2v) is 2.59. The van der Waals surface area contributed by atoms with Gasteiger partial charge in [0.25, 0.3) is 0 Å². The highest BCUT2D eigenvalue weighted by atomic mass is 16.5. The van der Waals surface area contributed by atoms with Crippen molar-refractivity contribution in [2.24, 2.45) is 5.11 Å². The molecule has 0 N–H and O–H groups in total. The predicted octanol–water partition coefficient (Wildman–Crippen LogP) is 2.68. The van der Waals surface area contributed by atoms with Crippen LogP contribution in [-0.4, -0.2) is 13.7 Å². The highest BCUT2D eigenvalue weighted by Crippen LogP contribution is 2.16. The number of benzene rings is 1. The van der Waals surface area contributed by atoms with Gasteiger partial charge in [0.1, 0.15) is 0 Å². The summed E-state index contributed by atoms with van der Waals surface area (Å²) < 4.78 is 4.95. The summed E-state index contributed by atoms with van der Waals surface area (Å²) in [6.45, 7) is 0.411. The summed E-state index contributed by atoms with van der Waals surface area (Å²) in [5.74, 6) is 0. The molecule has 0 bridgehead atoms. The Bertz CT molecular complexity index is 293. The number of methoxy groups -OCH3 is 1. The Hall–Kier alpha value is -1.51. The number of ether oxygens (including phenoxy) is 1. The van der Waals surface area contributed by atoms with E-state index < -0.39 is 0 Å². The zero-order valence-electron chi connectivity index (χ0n) is 7.42. The van der Waals surface area contributed by atoms with Gasteiger partial charge in [0.15, 0.2) is 0 Å². The van der Waals surface area contributed by atoms with Gasteiger partial charge in [-0.3, -0.25) is 0 Å². The standard InChI is InChI=1S/C9H11N3O/c1-13-7-9(11-12-10)8-5-3-2-4-6-8/h2-6,9H,7H2,1H3/t9-/m1/s1. The van der Waals surface area contributed by atoms with Crippen molar-refractivity contribution in [1.29, 1.82) is 0 Å². The molecule has 0 aliphatic heterocycles. The van der Waals surface area contributed by atoms with Gasteiger partial charge in [0, 0.05) is 12.0 Å². The molecule has 0 aromatic heterocycles. The lowest BCUT2D eigenvalue weighted by Crippen LogP contribution is -2.02. The van der Waals surface area contributed by atoms with E-state index >= 15 is 0 Å². The summed E-state index contributed by atoms with van der Waals surface area (Å²) in [6, 6.07) is 9.34. The number of nitrogens with zero attached hydrogens (tertiary/aromatic N) is 3. The normalized spacial score (nSPS) is 11.8. The second kappa shape index (κ2) is 5.19. The second-order valence-electron chi connectivity index (χ2n) is 2.59. The molecule has 0 amide bonds. The molecule has 0 unspecified atom stereocenters. The summed E-state index contributed by atoms with van der Waals surface area (Å²) in [5.41, 5.74) is 9.30. The lowest BCUT2D eigenvalue weighted by Gasteiger charge is -2.09. The van der Waals surface area contributed by atoms with Gasteiger partial charge in [-0.25, -0.2) is 0 Å². The molecule has 0 heterocycles. The third-order valence-electron chi connectivity index (χ3n) is 1.70. The molecule has 1 aromatic carbocycles. The Kier molecular flexibility index (Phi) is 3.82. The van der Waals surface area contributed by atoms with Gasteiger partial charge < -0.3 is 4.74 Å². The molecular weight excluding hydrogens is 166 g/mol. The first-order valence-electron chi connectivity index (χ1n) is 3.96. The van der Waals surface area contributed by atoms with E-state index in [4.69, 9.17) is 10.3 Å². The van der Waals surface area contributed by atoms with Crippen molar-refractivity contribution in [2.75, 3.05) is 13.7 Å². The van der Waals surface area contributed by atoms with E-state index in [1.165, 1.54) is 0 Å². The van der Waals surface area contributed by atoms with Crippen LogP contribution in [0.15, 0.2) is 35.4 Å². The summed E-state index contributed by atoms with van der Waals surface area (Å²) in [6.07, 6.45) is 0. The minimum absolute atomic E-state index is 0.226. The average Bonchev–Trinajstić information content (AvgIpc) is 2.19. The van der Waals surface area contributed by atoms with Gasteiger partial charge in [0.2, 0.25) is 0 Å². The number of rotatable bonds is 4. The maximum absolute atomic E-state index is 8.33. The molecule has 1 aromatic rings. The van der Waals surface area contributed by atoms with Crippen molar-refractivity contribution in [3.63, 3.8) is 0 Å². The molecule has 0 fully saturated rings. The molecule has 68 valence electrons. The van der Waals surface area contributed by atoms with E-state index in [-0.39, 0.29) is 6.04 Å². The zero-order chi connectivity index (χ0) is 9.52. The van der Waals surface area contributed by atoms with Crippen LogP contribution in [0.3, 0.4) is 0 Å². The largest absolute Gasteiger partial charge is 0.384 e. The first kappa shape index (κ1) is 9.58. The van der Waals surface area contributed by atoms with Crippen LogP contribution >= 0.6 is 0 Å². The first-order valence-corrected chi connectivity index (χ1v) is 3.96. The molecule has 1 atom stereocenters. The fourth-order valence-electron chi connectivity index (χ4n) is 1.09. The van der Waals surface area contributed by atoms with Crippen LogP contribution in [-0.2, 0) is 4.74 Å². The average molecular weight is 177 g/mol. The topological polar surface area (TPSA) is 58.0 Å². The molecule has 4 heteroatoms. The summed E-state index contributed by atoms with van der Waals surface area (Å²) in [5, 5.41) is 3.64. The van der Waals surface area contributed by atoms with E-state index in [1.54, 1.807) is 7.11 Å². The highest BCUT2D eigenvalue weighted by Gasteiger charge is 2.07. The van der Waals surface area contributed by atoms with Crippen LogP contribution in [0.1, 0.15) is 11.6 Å². The fourth-order valence-corrected chi connectivity index (χ4v) is 1.09. The lowest BCUT2D eigenvalue weighted by molar-refractivity contribution is 0.181. The SMILES string of the molecule is COC[C@@H](N=[N+]=[N-])c1ccccc1. The number of hydrogen-bond acceptors (Lipinski definition) is 2. The van der Waals surface area contributed by atoms with Crippen LogP contribution in [0, 0.1) is 0 Å². The Morgan fingerprint density at radius 2 is 2.15 bits per heavy atom. The Morgan fingerprint density at radius 1 is 1.46 bits per heavy atom. The van der Waals surface area contributed by atoms with Gasteiger partial charge in [-0.15, -0.1) is 0 Å². The van der Waals surface area contributed by atoms with Crippen LogP contribution in [0.4, 0.5) is 0 Å². The Labute approximate surface area is 76.8 Å². The van der Waals surface area contributed by atoms with Crippen LogP contribution in [0.25, 0.3) is 10.4 Å². The molecule has 0 aliphatic rings. The van der Waals surface area contributed by atoms with E-state index in [0.29, 0.717) is 6.61 Å². The molecule has 0 radical (unpaired) electrons. The molecule has 1 rings (SSSR count). The maximum Gasteiger partial charge on any atom is 0.0858 e. The van der Waals surface area contributed by atoms with Crippen molar-refractivity contribution in [3.05, 3.63) is 46.3 Å². The van der Waals surface area contributed by atoms with E-state index in [1.807, 2.05) is 30.3 Å². The quantitative estimate of drug-likeness (QED) is 0.396. The van der Waals surface area contributed by atoms with Crippen molar-refractivity contribution >= 4 is 0 Å². The van der Waals surface area contributed by atoms with Crippen molar-refractivity contribution in [3.8, 4) is 0 Å². The molecular formula is C9H11N3O. The minimum Gasteiger partial charge on any atom is -0.384 e. The predicted molar refractivity (Wildman–Crippen MR) is 50.2 cm³/mol. The molecule has 13 heavy (non-hydrogen) atoms. The minimum atomic E-state index is -0.226. The highest BCUT2D eigenvalue weighted by molar-refractivity contribution is 5.18. The van der Waals surface area contributed by atoms with Gasteiger partial charge in [0.05, 0.1) is 12.6 Å². The van der Waals surface area contributed by atoms with Gasteiger partial charge in [-0.05, 0) is 11.1 Å². The third kappa shape index (κ3) is 2.78. The lowest BCUT2D eigenvalue weighted by atomic mass is 10.1. The van der Waals surface area contributed by atoms with Crippen molar-refractivity contribution in [1.82, 2.24) is 0 Å². The van der Waals surface area contributed by atoms with Gasteiger partial charge >= 0.3 is 0 Å². The van der Waals surface area contributed by atoms with E-state index in [0.717, 1.165) is 5.56 Å². The van der Waals surface area contributed by atoms with Gasteiger partial charge in [-0.1, -0.05) is 35.4 Å². The smallest absolute Gasteiger partial charge is 0.0858 e. The van der Waals surface area contributed by atoms with E-state index in [9.17, 15) is 0 Å². The van der Waals surface area contributed by atoms with Crippen LogP contribution in [0.2, 0.25) is 0 Å². The zero-order valence-corrected chi connectivity index (χ0v) is 7.42. The molecule has 0 saturated heterocycles. The Balaban J connectivity index is 2.81. The fraction of sp³-hybridized carbons (Fsp3) is 0.333. The van der Waals surface area contributed by atoms with Crippen molar-refractivity contribution in [2.45, 2.75) is 6.04 Å². The molecule has 0 spiro atoms. The summed E-state index contributed by atoms with van der Waals surface area (Å²) >= 11 is 0. The third-order valence-corrected chi connectivity index (χ3v) is 1.70. The Morgan fingerprint density at radius 3 is 2.69 bits per heavy atom. The molecule has 4 nitrogen and oxygen atoms in total. The van der Waals surface area contributed by atoms with Crippen LogP contribution < -0.4 is 0 Å². The van der Waals surface area contributed by atoms with E-state index in [2.05, 4.69) is 10.0 Å². The van der Waals surface area contributed by atoms with Crippen LogP contribution in [0.5, 0.6) is 0 Å². The molecule has 0 aliphatic carbocycles. The summed E-state index contributed by atoms with van der Waals surface area (Å²) in [4.78, 5) is 2.78. The number of azide groups is 1. The summed E-state index contributed by atoms with van der Waals surface area (Å²) in [7, 11) is 1.59. The molecule has 0 saturated carbocycles. The number of hydrogen-bond donors (Lipinski definition) is 0. The van der Waals surface area contributed by atoms with Crippen molar-refractivity contribution < 1.29 is 4.74 Å². The first-order chi connectivity index (χ1) is 6.38. The monoisotopic (exact) mass is 177 g/mol. The van der Waals surface area contributed by atoms with Gasteiger partial charge in [-0.2, -0.15) is 0 Å². The maximum atomic E-state index is 8.33.